The monoisotopic (exact) mass is 208 g/mol. The van der Waals surface area contributed by atoms with Gasteiger partial charge in [-0.15, -0.1) is 0 Å². The van der Waals surface area contributed by atoms with Crippen molar-refractivity contribution in [3.63, 3.8) is 0 Å². The van der Waals surface area contributed by atoms with Gasteiger partial charge in [0.05, 0.1) is 12.0 Å². The lowest BCUT2D eigenvalue weighted by molar-refractivity contribution is 0.0739. The van der Waals surface area contributed by atoms with Crippen LogP contribution in [0.15, 0.2) is 16.5 Å². The summed E-state index contributed by atoms with van der Waals surface area (Å²) in [6, 6.07) is 3.64. The van der Waals surface area contributed by atoms with E-state index in [1.165, 1.54) is 0 Å². The van der Waals surface area contributed by atoms with Gasteiger partial charge in [0.1, 0.15) is 5.76 Å². The number of furan rings is 1. The lowest BCUT2D eigenvalue weighted by Crippen LogP contribution is -2.21. The van der Waals surface area contributed by atoms with Gasteiger partial charge in [0.2, 0.25) is 5.78 Å². The summed E-state index contributed by atoms with van der Waals surface area (Å²) in [6.07, 6.45) is 1.65. The van der Waals surface area contributed by atoms with Gasteiger partial charge in [-0.05, 0) is 25.5 Å². The Morgan fingerprint density at radius 2 is 2.33 bits per heavy atom. The van der Waals surface area contributed by atoms with E-state index < -0.39 is 0 Å². The van der Waals surface area contributed by atoms with Crippen LogP contribution in [0, 0.1) is 5.92 Å². The zero-order chi connectivity index (χ0) is 10.8. The Bertz CT molecular complexity index is 354. The minimum absolute atomic E-state index is 0.0210. The molecule has 2 heterocycles. The summed E-state index contributed by atoms with van der Waals surface area (Å²) in [6.45, 7) is 4.63. The Balaban J connectivity index is 2.13. The highest BCUT2D eigenvalue weighted by Gasteiger charge is 2.32. The highest BCUT2D eigenvalue weighted by atomic mass is 16.5. The number of ether oxygens (including phenoxy) is 1. The second kappa shape index (κ2) is 4.19. The van der Waals surface area contributed by atoms with Crippen molar-refractivity contribution in [2.24, 2.45) is 5.92 Å². The van der Waals surface area contributed by atoms with E-state index in [4.69, 9.17) is 9.15 Å². The van der Waals surface area contributed by atoms with Gasteiger partial charge in [0.15, 0.2) is 5.76 Å². The Morgan fingerprint density at radius 1 is 1.53 bits per heavy atom. The molecule has 1 saturated heterocycles. The molecule has 0 spiro atoms. The third-order valence-corrected chi connectivity index (χ3v) is 2.97. The number of rotatable bonds is 3. The van der Waals surface area contributed by atoms with Crippen LogP contribution in [0.2, 0.25) is 0 Å². The van der Waals surface area contributed by atoms with Crippen LogP contribution in [-0.2, 0) is 11.2 Å². The maximum Gasteiger partial charge on any atom is 0.203 e. The second-order valence-corrected chi connectivity index (χ2v) is 3.95. The van der Waals surface area contributed by atoms with E-state index in [9.17, 15) is 4.79 Å². The van der Waals surface area contributed by atoms with Crippen molar-refractivity contribution >= 4 is 5.78 Å². The number of carbonyl (C=O) groups excluding carboxylic acids is 1. The Morgan fingerprint density at radius 3 is 2.87 bits per heavy atom. The lowest BCUT2D eigenvalue weighted by atomic mass is 9.96. The van der Waals surface area contributed by atoms with Gasteiger partial charge >= 0.3 is 0 Å². The lowest BCUT2D eigenvalue weighted by Gasteiger charge is -2.10. The number of hydrogen-bond acceptors (Lipinski definition) is 3. The molecule has 3 nitrogen and oxygen atoms in total. The van der Waals surface area contributed by atoms with Crippen molar-refractivity contribution in [1.82, 2.24) is 0 Å². The molecule has 0 aromatic carbocycles. The average molecular weight is 208 g/mol. The van der Waals surface area contributed by atoms with Crippen LogP contribution >= 0.6 is 0 Å². The van der Waals surface area contributed by atoms with Crippen LogP contribution in [0.1, 0.15) is 36.6 Å². The molecule has 3 heteroatoms. The quantitative estimate of drug-likeness (QED) is 0.716. The van der Waals surface area contributed by atoms with Crippen molar-refractivity contribution in [1.29, 1.82) is 0 Å². The molecule has 0 N–H and O–H groups in total. The fraction of sp³-hybridized carbons (Fsp3) is 0.583. The predicted octanol–water partition coefficient (Wildman–Crippen LogP) is 2.45. The van der Waals surface area contributed by atoms with Gasteiger partial charge in [-0.2, -0.15) is 0 Å². The summed E-state index contributed by atoms with van der Waals surface area (Å²) in [5.74, 6) is 1.40. The van der Waals surface area contributed by atoms with E-state index in [1.54, 1.807) is 6.07 Å². The zero-order valence-electron chi connectivity index (χ0n) is 9.16. The molecule has 2 rings (SSSR count). The van der Waals surface area contributed by atoms with Gasteiger partial charge in [0.25, 0.3) is 0 Å². The molecule has 2 atom stereocenters. The summed E-state index contributed by atoms with van der Waals surface area (Å²) in [5, 5.41) is 0. The highest BCUT2D eigenvalue weighted by molar-refractivity contribution is 5.95. The number of ketones is 1. The normalized spacial score (nSPS) is 25.7. The van der Waals surface area contributed by atoms with Crippen molar-refractivity contribution in [2.75, 3.05) is 6.61 Å². The Hall–Kier alpha value is -1.09. The first-order chi connectivity index (χ1) is 7.22. The van der Waals surface area contributed by atoms with Crippen molar-refractivity contribution in [3.05, 3.63) is 23.7 Å². The number of carbonyl (C=O) groups is 1. The third kappa shape index (κ3) is 1.97. The summed E-state index contributed by atoms with van der Waals surface area (Å²) < 4.78 is 10.8. The van der Waals surface area contributed by atoms with Gasteiger partial charge in [-0.25, -0.2) is 0 Å². The fourth-order valence-electron chi connectivity index (χ4n) is 1.96. The van der Waals surface area contributed by atoms with Crippen LogP contribution in [0.3, 0.4) is 0 Å². The number of hydrogen-bond donors (Lipinski definition) is 0. The van der Waals surface area contributed by atoms with Gasteiger partial charge < -0.3 is 9.15 Å². The SMILES string of the molecule is CCc1ccc(C(=O)C2CCOC2C)o1. The molecule has 1 aromatic heterocycles. The van der Waals surface area contributed by atoms with E-state index in [2.05, 4.69) is 0 Å². The van der Waals surface area contributed by atoms with E-state index >= 15 is 0 Å². The Labute approximate surface area is 89.4 Å². The van der Waals surface area contributed by atoms with Crippen LogP contribution < -0.4 is 0 Å². The molecule has 1 fully saturated rings. The average Bonchev–Trinajstić information content (AvgIpc) is 2.84. The maximum absolute atomic E-state index is 12.0. The largest absolute Gasteiger partial charge is 0.458 e. The van der Waals surface area contributed by atoms with Crippen LogP contribution in [0.25, 0.3) is 0 Å². The minimum atomic E-state index is -0.0270. The topological polar surface area (TPSA) is 39.4 Å². The zero-order valence-corrected chi connectivity index (χ0v) is 9.16. The van der Waals surface area contributed by atoms with Crippen LogP contribution in [0.4, 0.5) is 0 Å². The predicted molar refractivity (Wildman–Crippen MR) is 55.9 cm³/mol. The number of aryl methyl sites for hydroxylation is 1. The highest BCUT2D eigenvalue weighted by Crippen LogP contribution is 2.25. The molecule has 0 amide bonds. The maximum atomic E-state index is 12.0. The standard InChI is InChI=1S/C12H16O3/c1-3-9-4-5-11(15-9)12(13)10-6-7-14-8(10)2/h4-5,8,10H,3,6-7H2,1-2H3. The molecule has 1 aliphatic heterocycles. The molecule has 1 aliphatic rings. The second-order valence-electron chi connectivity index (χ2n) is 3.95. The molecular formula is C12H16O3. The van der Waals surface area contributed by atoms with Crippen molar-refractivity contribution < 1.29 is 13.9 Å². The van der Waals surface area contributed by atoms with E-state index in [0.717, 1.165) is 18.6 Å². The van der Waals surface area contributed by atoms with Gasteiger partial charge in [0, 0.05) is 13.0 Å². The molecule has 2 unspecified atom stereocenters. The fourth-order valence-corrected chi connectivity index (χ4v) is 1.96. The minimum Gasteiger partial charge on any atom is -0.458 e. The third-order valence-electron chi connectivity index (χ3n) is 2.97. The Kier molecular flexibility index (Phi) is 2.91. The molecule has 0 saturated carbocycles. The van der Waals surface area contributed by atoms with Crippen LogP contribution in [0.5, 0.6) is 0 Å². The summed E-state index contributed by atoms with van der Waals surface area (Å²) in [7, 11) is 0. The van der Waals surface area contributed by atoms with Gasteiger partial charge in [-0.1, -0.05) is 6.92 Å². The molecule has 0 bridgehead atoms. The molecule has 1 aromatic rings. The van der Waals surface area contributed by atoms with E-state index in [-0.39, 0.29) is 17.8 Å². The van der Waals surface area contributed by atoms with E-state index in [0.29, 0.717) is 12.4 Å². The van der Waals surface area contributed by atoms with Crippen molar-refractivity contribution in [3.8, 4) is 0 Å². The summed E-state index contributed by atoms with van der Waals surface area (Å²) >= 11 is 0. The van der Waals surface area contributed by atoms with Crippen LogP contribution in [-0.4, -0.2) is 18.5 Å². The number of Topliss-reactive ketones (excluding diaryl/α,β-unsaturated/α-hetero) is 1. The van der Waals surface area contributed by atoms with E-state index in [1.807, 2.05) is 19.9 Å². The molecule has 0 radical (unpaired) electrons. The first-order valence-electron chi connectivity index (χ1n) is 5.47. The molecule has 82 valence electrons. The first-order valence-corrected chi connectivity index (χ1v) is 5.47. The summed E-state index contributed by atoms with van der Waals surface area (Å²) in [5.41, 5.74) is 0. The smallest absolute Gasteiger partial charge is 0.203 e. The first kappa shape index (κ1) is 10.4. The molecular weight excluding hydrogens is 192 g/mol. The summed E-state index contributed by atoms with van der Waals surface area (Å²) in [4.78, 5) is 12.0. The van der Waals surface area contributed by atoms with Crippen molar-refractivity contribution in [2.45, 2.75) is 32.8 Å². The van der Waals surface area contributed by atoms with Gasteiger partial charge in [-0.3, -0.25) is 4.79 Å². The molecule has 15 heavy (non-hydrogen) atoms. The molecule has 0 aliphatic carbocycles.